The van der Waals surface area contributed by atoms with Gasteiger partial charge >= 0.3 is 5.97 Å². The second-order valence-electron chi connectivity index (χ2n) is 4.05. The molecule has 0 aromatic heterocycles. The normalized spacial score (nSPS) is 25.1. The molecule has 1 unspecified atom stereocenters. The summed E-state index contributed by atoms with van der Waals surface area (Å²) in [7, 11) is 1.28. The predicted octanol–water partition coefficient (Wildman–Crippen LogP) is -0.961. The maximum absolute atomic E-state index is 11.8. The molecule has 1 atom stereocenters. The third kappa shape index (κ3) is 2.06. The number of hydrogen-bond donors (Lipinski definition) is 1. The van der Waals surface area contributed by atoms with Crippen LogP contribution in [-0.4, -0.2) is 48.4 Å². The van der Waals surface area contributed by atoms with Crippen LogP contribution in [-0.2, 0) is 19.1 Å². The maximum atomic E-state index is 11.8. The fourth-order valence-corrected chi connectivity index (χ4v) is 1.81. The van der Waals surface area contributed by atoms with Gasteiger partial charge in [-0.15, -0.1) is 0 Å². The number of ether oxygens (including phenoxy) is 1. The first-order chi connectivity index (χ1) is 7.63. The number of amides is 2. The number of carbonyl (C=O) groups is 3. The number of nitrogens with one attached hydrogen (secondary N) is 1. The summed E-state index contributed by atoms with van der Waals surface area (Å²) in [4.78, 5) is 35.5. The summed E-state index contributed by atoms with van der Waals surface area (Å²) >= 11 is 0. The van der Waals surface area contributed by atoms with Crippen LogP contribution >= 0.6 is 0 Å². The lowest BCUT2D eigenvalue weighted by Crippen LogP contribution is -2.41. The highest BCUT2D eigenvalue weighted by atomic mass is 16.5. The molecule has 1 aliphatic carbocycles. The van der Waals surface area contributed by atoms with Gasteiger partial charge in [0, 0.05) is 6.04 Å². The number of rotatable bonds is 4. The van der Waals surface area contributed by atoms with Crippen molar-refractivity contribution in [3.8, 4) is 0 Å². The number of imide groups is 1. The highest BCUT2D eigenvalue weighted by molar-refractivity contribution is 6.06. The molecular weight excluding hydrogens is 212 g/mol. The van der Waals surface area contributed by atoms with Crippen LogP contribution in [0, 0.1) is 0 Å². The number of likely N-dealkylation sites (tertiary alicyclic amines) is 1. The zero-order valence-electron chi connectivity index (χ0n) is 9.06. The Balaban J connectivity index is 1.90. The van der Waals surface area contributed by atoms with E-state index in [-0.39, 0.29) is 30.8 Å². The molecule has 1 saturated heterocycles. The molecule has 2 amide bonds. The number of methoxy groups -OCH3 is 1. The average Bonchev–Trinajstić information content (AvgIpc) is 3.04. The lowest BCUT2D eigenvalue weighted by atomic mass is 10.2. The van der Waals surface area contributed by atoms with Gasteiger partial charge in [-0.25, -0.2) is 0 Å². The van der Waals surface area contributed by atoms with E-state index in [0.717, 1.165) is 12.8 Å². The molecule has 0 bridgehead atoms. The molecule has 1 saturated carbocycles. The Morgan fingerprint density at radius 1 is 1.50 bits per heavy atom. The van der Waals surface area contributed by atoms with E-state index in [1.54, 1.807) is 0 Å². The van der Waals surface area contributed by atoms with Crippen LogP contribution in [0.15, 0.2) is 0 Å². The van der Waals surface area contributed by atoms with E-state index in [2.05, 4.69) is 10.1 Å². The average molecular weight is 226 g/mol. The summed E-state index contributed by atoms with van der Waals surface area (Å²) < 4.78 is 4.45. The van der Waals surface area contributed by atoms with Gasteiger partial charge in [0.25, 0.3) is 0 Å². The largest absolute Gasteiger partial charge is 0.468 e. The van der Waals surface area contributed by atoms with Crippen molar-refractivity contribution in [2.75, 3.05) is 13.7 Å². The smallest absolute Gasteiger partial charge is 0.319 e. The van der Waals surface area contributed by atoms with Crippen molar-refractivity contribution < 1.29 is 19.1 Å². The maximum Gasteiger partial charge on any atom is 0.319 e. The predicted molar refractivity (Wildman–Crippen MR) is 53.3 cm³/mol. The van der Waals surface area contributed by atoms with E-state index in [1.165, 1.54) is 12.0 Å². The van der Waals surface area contributed by atoms with Crippen molar-refractivity contribution in [2.24, 2.45) is 0 Å². The highest BCUT2D eigenvalue weighted by Gasteiger charge is 2.45. The van der Waals surface area contributed by atoms with Gasteiger partial charge in [0.05, 0.1) is 26.1 Å². The van der Waals surface area contributed by atoms with Crippen molar-refractivity contribution in [3.63, 3.8) is 0 Å². The molecule has 16 heavy (non-hydrogen) atoms. The van der Waals surface area contributed by atoms with Gasteiger partial charge < -0.3 is 4.74 Å². The Hall–Kier alpha value is -1.43. The van der Waals surface area contributed by atoms with Gasteiger partial charge in [-0.3, -0.25) is 24.6 Å². The van der Waals surface area contributed by atoms with E-state index in [9.17, 15) is 14.4 Å². The Kier molecular flexibility index (Phi) is 2.91. The molecule has 6 nitrogen and oxygen atoms in total. The van der Waals surface area contributed by atoms with E-state index in [0.29, 0.717) is 0 Å². The highest BCUT2D eigenvalue weighted by Crippen LogP contribution is 2.31. The second-order valence-corrected chi connectivity index (χ2v) is 4.05. The quantitative estimate of drug-likeness (QED) is 0.493. The third-order valence-electron chi connectivity index (χ3n) is 2.82. The molecule has 2 rings (SSSR count). The fourth-order valence-electron chi connectivity index (χ4n) is 1.81. The van der Waals surface area contributed by atoms with Gasteiger partial charge in [0.2, 0.25) is 11.8 Å². The molecular formula is C10H14N2O4. The first kappa shape index (κ1) is 11.1. The summed E-state index contributed by atoms with van der Waals surface area (Å²) in [5.41, 5.74) is 0. The minimum atomic E-state index is -0.563. The molecule has 1 heterocycles. The number of hydrogen-bond acceptors (Lipinski definition) is 5. The Morgan fingerprint density at radius 2 is 2.19 bits per heavy atom. The SMILES string of the molecule is COC(=O)CNC1CC(=O)N(C2CC2)C1=O. The molecule has 2 fully saturated rings. The van der Waals surface area contributed by atoms with Crippen molar-refractivity contribution in [1.29, 1.82) is 0 Å². The molecule has 2 aliphatic rings. The standard InChI is InChI=1S/C10H14N2O4/c1-16-9(14)5-11-7-4-8(13)12(10(7)15)6-2-3-6/h6-7,11H,2-5H2,1H3. The van der Waals surface area contributed by atoms with Crippen LogP contribution in [0.1, 0.15) is 19.3 Å². The summed E-state index contributed by atoms with van der Waals surface area (Å²) in [6.07, 6.45) is 1.95. The minimum absolute atomic E-state index is 0.0430. The Labute approximate surface area is 92.9 Å². The summed E-state index contributed by atoms with van der Waals surface area (Å²) in [5, 5.41) is 2.74. The first-order valence-electron chi connectivity index (χ1n) is 5.29. The van der Waals surface area contributed by atoms with Crippen molar-refractivity contribution in [1.82, 2.24) is 10.2 Å². The van der Waals surface area contributed by atoms with Gasteiger partial charge in [0.15, 0.2) is 0 Å². The molecule has 1 N–H and O–H groups in total. The minimum Gasteiger partial charge on any atom is -0.468 e. The Bertz CT molecular complexity index is 338. The number of esters is 1. The van der Waals surface area contributed by atoms with E-state index < -0.39 is 12.0 Å². The lowest BCUT2D eigenvalue weighted by molar-refractivity contribution is -0.139. The molecule has 0 aromatic carbocycles. The van der Waals surface area contributed by atoms with Crippen LogP contribution in [0.25, 0.3) is 0 Å². The topological polar surface area (TPSA) is 75.7 Å². The molecule has 0 radical (unpaired) electrons. The second kappa shape index (κ2) is 4.21. The summed E-state index contributed by atoms with van der Waals surface area (Å²) in [6, 6.07) is -0.461. The summed E-state index contributed by atoms with van der Waals surface area (Å²) in [5.74, 6) is -0.795. The van der Waals surface area contributed by atoms with E-state index >= 15 is 0 Å². The molecule has 0 aromatic rings. The third-order valence-corrected chi connectivity index (χ3v) is 2.82. The monoisotopic (exact) mass is 226 g/mol. The van der Waals surface area contributed by atoms with E-state index in [1.807, 2.05) is 0 Å². The van der Waals surface area contributed by atoms with Gasteiger partial charge in [-0.1, -0.05) is 0 Å². The van der Waals surface area contributed by atoms with Crippen LogP contribution in [0.5, 0.6) is 0 Å². The molecule has 88 valence electrons. The van der Waals surface area contributed by atoms with Crippen LogP contribution in [0.3, 0.4) is 0 Å². The van der Waals surface area contributed by atoms with Gasteiger partial charge in [0.1, 0.15) is 0 Å². The summed E-state index contributed by atoms with van der Waals surface area (Å²) in [6.45, 7) is -0.0430. The zero-order chi connectivity index (χ0) is 11.7. The van der Waals surface area contributed by atoms with Gasteiger partial charge in [-0.05, 0) is 12.8 Å². The Morgan fingerprint density at radius 3 is 2.75 bits per heavy atom. The fraction of sp³-hybridized carbons (Fsp3) is 0.700. The number of nitrogens with zero attached hydrogens (tertiary/aromatic N) is 1. The molecule has 6 heteroatoms. The van der Waals surface area contributed by atoms with Crippen molar-refractivity contribution in [2.45, 2.75) is 31.3 Å². The lowest BCUT2D eigenvalue weighted by Gasteiger charge is -2.13. The zero-order valence-corrected chi connectivity index (χ0v) is 9.06. The van der Waals surface area contributed by atoms with Crippen molar-refractivity contribution in [3.05, 3.63) is 0 Å². The molecule has 0 spiro atoms. The van der Waals surface area contributed by atoms with Crippen LogP contribution in [0.4, 0.5) is 0 Å². The van der Waals surface area contributed by atoms with E-state index in [4.69, 9.17) is 0 Å². The van der Waals surface area contributed by atoms with Crippen LogP contribution < -0.4 is 5.32 Å². The van der Waals surface area contributed by atoms with Gasteiger partial charge in [-0.2, -0.15) is 0 Å². The first-order valence-corrected chi connectivity index (χ1v) is 5.29. The molecule has 1 aliphatic heterocycles. The van der Waals surface area contributed by atoms with Crippen LogP contribution in [0.2, 0.25) is 0 Å². The number of carbonyl (C=O) groups excluding carboxylic acids is 3. The van der Waals surface area contributed by atoms with Crippen molar-refractivity contribution >= 4 is 17.8 Å².